The van der Waals surface area contributed by atoms with Crippen molar-refractivity contribution in [2.24, 2.45) is 0 Å². The van der Waals surface area contributed by atoms with E-state index in [4.69, 9.17) is 4.74 Å². The molecule has 1 aliphatic heterocycles. The number of likely N-dealkylation sites (tertiary alicyclic amines) is 1. The first-order valence-electron chi connectivity index (χ1n) is 9.75. The highest BCUT2D eigenvalue weighted by Gasteiger charge is 2.27. The molecule has 1 aromatic carbocycles. The summed E-state index contributed by atoms with van der Waals surface area (Å²) in [6, 6.07) is 8.01. The Morgan fingerprint density at radius 3 is 2.96 bits per heavy atom. The van der Waals surface area contributed by atoms with Crippen LogP contribution in [0.2, 0.25) is 0 Å². The quantitative estimate of drug-likeness (QED) is 0.834. The van der Waals surface area contributed by atoms with Crippen molar-refractivity contribution < 1.29 is 9.53 Å². The van der Waals surface area contributed by atoms with Gasteiger partial charge in [-0.05, 0) is 30.4 Å². The lowest BCUT2D eigenvalue weighted by Gasteiger charge is -2.33. The Labute approximate surface area is 161 Å². The number of rotatable bonds is 6. The number of hydrogen-bond acceptors (Lipinski definition) is 3. The van der Waals surface area contributed by atoms with Crippen molar-refractivity contribution in [1.82, 2.24) is 14.5 Å². The Hall–Kier alpha value is -2.34. The van der Waals surface area contributed by atoms with Crippen molar-refractivity contribution >= 4 is 11.7 Å². The zero-order valence-electron chi connectivity index (χ0n) is 16.5. The summed E-state index contributed by atoms with van der Waals surface area (Å²) in [4.78, 5) is 19.4. The Bertz CT molecular complexity index is 756. The molecule has 146 valence electrons. The van der Waals surface area contributed by atoms with Crippen LogP contribution in [0.1, 0.15) is 49.9 Å². The van der Waals surface area contributed by atoms with Crippen molar-refractivity contribution in [3.63, 3.8) is 0 Å². The number of carbonyl (C=O) groups excluding carboxylic acids is 1. The molecule has 2 amide bonds. The van der Waals surface area contributed by atoms with Crippen LogP contribution >= 0.6 is 0 Å². The minimum Gasteiger partial charge on any atom is -0.383 e. The number of nitrogens with zero attached hydrogens (tertiary/aromatic N) is 3. The monoisotopic (exact) mass is 370 g/mol. The number of amides is 2. The molecule has 6 nitrogen and oxygen atoms in total. The van der Waals surface area contributed by atoms with E-state index < -0.39 is 0 Å². The first-order chi connectivity index (χ1) is 13.1. The van der Waals surface area contributed by atoms with Crippen molar-refractivity contribution in [3.8, 4) is 0 Å². The topological polar surface area (TPSA) is 59.4 Å². The lowest BCUT2D eigenvalue weighted by atomic mass is 9.97. The maximum atomic E-state index is 12.9. The van der Waals surface area contributed by atoms with E-state index in [1.807, 2.05) is 35.5 Å². The second-order valence-electron chi connectivity index (χ2n) is 7.43. The van der Waals surface area contributed by atoms with Crippen molar-refractivity contribution in [3.05, 3.63) is 48.0 Å². The summed E-state index contributed by atoms with van der Waals surface area (Å²) in [6.45, 7) is 7.21. The minimum absolute atomic E-state index is 0.0252. The molecule has 0 spiro atoms. The van der Waals surface area contributed by atoms with Gasteiger partial charge in [0.1, 0.15) is 5.82 Å². The SMILES string of the molecule is COCCn1ccnc1C1CCCN(C(=O)Nc2ccccc2C(C)C)C1. The summed E-state index contributed by atoms with van der Waals surface area (Å²) >= 11 is 0. The first kappa shape index (κ1) is 19.4. The van der Waals surface area contributed by atoms with Crippen LogP contribution in [0.4, 0.5) is 10.5 Å². The van der Waals surface area contributed by atoms with Crippen LogP contribution in [0.25, 0.3) is 0 Å². The average Bonchev–Trinajstić information content (AvgIpc) is 3.15. The maximum absolute atomic E-state index is 12.9. The summed E-state index contributed by atoms with van der Waals surface area (Å²) in [5.41, 5.74) is 2.07. The third-order valence-electron chi connectivity index (χ3n) is 5.18. The van der Waals surface area contributed by atoms with Gasteiger partial charge >= 0.3 is 6.03 Å². The number of piperidine rings is 1. The molecule has 1 N–H and O–H groups in total. The molecule has 0 bridgehead atoms. The van der Waals surface area contributed by atoms with Gasteiger partial charge < -0.3 is 19.5 Å². The molecule has 1 unspecified atom stereocenters. The van der Waals surface area contributed by atoms with Crippen molar-refractivity contribution in [2.75, 3.05) is 32.1 Å². The zero-order chi connectivity index (χ0) is 19.2. The number of urea groups is 1. The average molecular weight is 370 g/mol. The molecule has 0 radical (unpaired) electrons. The third kappa shape index (κ3) is 4.69. The van der Waals surface area contributed by atoms with E-state index in [2.05, 4.69) is 34.8 Å². The van der Waals surface area contributed by atoms with Gasteiger partial charge in [0, 0.05) is 50.7 Å². The summed E-state index contributed by atoms with van der Waals surface area (Å²) < 4.78 is 7.33. The van der Waals surface area contributed by atoms with E-state index in [-0.39, 0.29) is 11.9 Å². The molecule has 0 aliphatic carbocycles. The number of imidazole rings is 1. The molecular formula is C21H30N4O2. The number of ether oxygens (including phenoxy) is 1. The smallest absolute Gasteiger partial charge is 0.321 e. The van der Waals surface area contributed by atoms with Gasteiger partial charge in [-0.25, -0.2) is 9.78 Å². The Kier molecular flexibility index (Phi) is 6.50. The van der Waals surface area contributed by atoms with Gasteiger partial charge in [0.05, 0.1) is 6.61 Å². The van der Waals surface area contributed by atoms with Gasteiger partial charge in [0.25, 0.3) is 0 Å². The standard InChI is InChI=1S/C21H30N4O2/c1-16(2)18-8-4-5-9-19(18)23-21(26)25-11-6-7-17(15-25)20-22-10-12-24(20)13-14-27-3/h4-5,8-10,12,16-17H,6-7,11,13-15H2,1-3H3,(H,23,26). The van der Waals surface area contributed by atoms with E-state index in [0.29, 0.717) is 19.1 Å². The molecule has 0 saturated carbocycles. The molecule has 3 rings (SSSR count). The predicted molar refractivity (Wildman–Crippen MR) is 107 cm³/mol. The maximum Gasteiger partial charge on any atom is 0.321 e. The third-order valence-corrected chi connectivity index (χ3v) is 5.18. The Morgan fingerprint density at radius 1 is 1.37 bits per heavy atom. The lowest BCUT2D eigenvalue weighted by Crippen LogP contribution is -2.42. The van der Waals surface area contributed by atoms with Crippen LogP contribution < -0.4 is 5.32 Å². The van der Waals surface area contributed by atoms with E-state index in [0.717, 1.165) is 43.0 Å². The fourth-order valence-electron chi connectivity index (χ4n) is 3.74. The van der Waals surface area contributed by atoms with Crippen LogP contribution in [-0.4, -0.2) is 47.3 Å². The van der Waals surface area contributed by atoms with Gasteiger partial charge in [0.2, 0.25) is 0 Å². The first-order valence-corrected chi connectivity index (χ1v) is 9.75. The molecule has 1 fully saturated rings. The number of benzene rings is 1. The van der Waals surface area contributed by atoms with E-state index in [1.54, 1.807) is 7.11 Å². The fraction of sp³-hybridized carbons (Fsp3) is 0.524. The molecule has 1 atom stereocenters. The predicted octanol–water partition coefficient (Wildman–Crippen LogP) is 4.06. The van der Waals surface area contributed by atoms with Crippen LogP contribution in [0.3, 0.4) is 0 Å². The molecule has 6 heteroatoms. The van der Waals surface area contributed by atoms with E-state index >= 15 is 0 Å². The van der Waals surface area contributed by atoms with E-state index in [9.17, 15) is 4.79 Å². The van der Waals surface area contributed by atoms with Crippen LogP contribution in [0.5, 0.6) is 0 Å². The van der Waals surface area contributed by atoms with Crippen LogP contribution in [0.15, 0.2) is 36.7 Å². The van der Waals surface area contributed by atoms with Gasteiger partial charge in [-0.2, -0.15) is 0 Å². The minimum atomic E-state index is -0.0252. The second-order valence-corrected chi connectivity index (χ2v) is 7.43. The zero-order valence-corrected chi connectivity index (χ0v) is 16.5. The van der Waals surface area contributed by atoms with Gasteiger partial charge in [-0.3, -0.25) is 0 Å². The Morgan fingerprint density at radius 2 is 2.19 bits per heavy atom. The number of aromatic nitrogens is 2. The number of para-hydroxylation sites is 1. The largest absolute Gasteiger partial charge is 0.383 e. The molecule has 2 aromatic rings. The molecule has 2 heterocycles. The number of nitrogens with one attached hydrogen (secondary N) is 1. The van der Waals surface area contributed by atoms with E-state index in [1.165, 1.54) is 0 Å². The number of carbonyl (C=O) groups is 1. The number of anilines is 1. The lowest BCUT2D eigenvalue weighted by molar-refractivity contribution is 0.179. The van der Waals surface area contributed by atoms with Gasteiger partial charge in [-0.15, -0.1) is 0 Å². The molecule has 1 aliphatic rings. The Balaban J connectivity index is 1.68. The summed E-state index contributed by atoms with van der Waals surface area (Å²) in [5, 5.41) is 3.12. The second kappa shape index (κ2) is 9.04. The highest BCUT2D eigenvalue weighted by Crippen LogP contribution is 2.28. The van der Waals surface area contributed by atoms with Crippen LogP contribution in [0, 0.1) is 0 Å². The summed E-state index contributed by atoms with van der Waals surface area (Å²) in [5.74, 6) is 1.67. The fourth-order valence-corrected chi connectivity index (χ4v) is 3.74. The van der Waals surface area contributed by atoms with Crippen molar-refractivity contribution in [1.29, 1.82) is 0 Å². The molecule has 1 aromatic heterocycles. The highest BCUT2D eigenvalue weighted by molar-refractivity contribution is 5.90. The van der Waals surface area contributed by atoms with Crippen molar-refractivity contribution in [2.45, 2.75) is 45.1 Å². The van der Waals surface area contributed by atoms with Gasteiger partial charge in [-0.1, -0.05) is 32.0 Å². The molecular weight excluding hydrogens is 340 g/mol. The molecule has 27 heavy (non-hydrogen) atoms. The summed E-state index contributed by atoms with van der Waals surface area (Å²) in [6.07, 6.45) is 5.87. The highest BCUT2D eigenvalue weighted by atomic mass is 16.5. The number of methoxy groups -OCH3 is 1. The van der Waals surface area contributed by atoms with Crippen LogP contribution in [-0.2, 0) is 11.3 Å². The number of hydrogen-bond donors (Lipinski definition) is 1. The van der Waals surface area contributed by atoms with Gasteiger partial charge in [0.15, 0.2) is 0 Å². The summed E-state index contributed by atoms with van der Waals surface area (Å²) in [7, 11) is 1.71. The molecule has 1 saturated heterocycles. The normalized spacial score (nSPS) is 17.3.